The highest BCUT2D eigenvalue weighted by molar-refractivity contribution is 5.93. The summed E-state index contributed by atoms with van der Waals surface area (Å²) in [7, 11) is 0. The lowest BCUT2D eigenvalue weighted by Crippen LogP contribution is -2.51. The second-order valence-electron chi connectivity index (χ2n) is 4.41. The number of anilines is 1. The maximum atomic E-state index is 11.9. The molecule has 21 heavy (non-hydrogen) atoms. The van der Waals surface area contributed by atoms with Gasteiger partial charge in [0.2, 0.25) is 5.91 Å². The molecule has 0 atom stereocenters. The molecule has 1 aromatic rings. The van der Waals surface area contributed by atoms with Crippen molar-refractivity contribution in [2.75, 3.05) is 31.6 Å². The molecule has 1 aliphatic rings. The standard InChI is InChI=1S/C13H15N3O5/c17-11-7-16(6-5-14-11)13(20)15-9-1-3-10(4-2-9)21-8-12(18)19/h1-4H,5-8H2,(H,14,17)(H,15,20)(H,18,19). The zero-order valence-electron chi connectivity index (χ0n) is 11.2. The van der Waals surface area contributed by atoms with Gasteiger partial charge in [0.1, 0.15) is 12.3 Å². The van der Waals surface area contributed by atoms with Crippen LogP contribution < -0.4 is 15.4 Å². The smallest absolute Gasteiger partial charge is 0.341 e. The van der Waals surface area contributed by atoms with E-state index in [-0.39, 0.29) is 18.5 Å². The molecule has 1 saturated heterocycles. The molecule has 0 radical (unpaired) electrons. The molecular weight excluding hydrogens is 278 g/mol. The van der Waals surface area contributed by atoms with Crippen molar-refractivity contribution in [2.24, 2.45) is 0 Å². The second-order valence-corrected chi connectivity index (χ2v) is 4.41. The van der Waals surface area contributed by atoms with E-state index in [1.165, 1.54) is 4.90 Å². The third-order valence-corrected chi connectivity index (χ3v) is 2.79. The molecule has 112 valence electrons. The van der Waals surface area contributed by atoms with Crippen molar-refractivity contribution in [1.82, 2.24) is 10.2 Å². The zero-order valence-corrected chi connectivity index (χ0v) is 11.2. The number of amides is 3. The van der Waals surface area contributed by atoms with Crippen molar-refractivity contribution in [3.63, 3.8) is 0 Å². The first kappa shape index (κ1) is 14.6. The molecule has 1 aliphatic heterocycles. The van der Waals surface area contributed by atoms with E-state index >= 15 is 0 Å². The van der Waals surface area contributed by atoms with Gasteiger partial charge in [0.15, 0.2) is 6.61 Å². The molecule has 0 aliphatic carbocycles. The average molecular weight is 293 g/mol. The third-order valence-electron chi connectivity index (χ3n) is 2.79. The Morgan fingerprint density at radius 1 is 1.33 bits per heavy atom. The Morgan fingerprint density at radius 2 is 2.05 bits per heavy atom. The molecule has 0 unspecified atom stereocenters. The van der Waals surface area contributed by atoms with Crippen molar-refractivity contribution < 1.29 is 24.2 Å². The molecule has 2 rings (SSSR count). The molecule has 1 fully saturated rings. The Bertz CT molecular complexity index is 543. The minimum absolute atomic E-state index is 0.0334. The van der Waals surface area contributed by atoms with Gasteiger partial charge in [-0.05, 0) is 24.3 Å². The molecule has 3 N–H and O–H groups in total. The fourth-order valence-corrected chi connectivity index (χ4v) is 1.79. The van der Waals surface area contributed by atoms with Crippen LogP contribution in [-0.2, 0) is 9.59 Å². The summed E-state index contributed by atoms with van der Waals surface area (Å²) in [6.45, 7) is 0.506. The first-order valence-electron chi connectivity index (χ1n) is 6.32. The van der Waals surface area contributed by atoms with Gasteiger partial charge < -0.3 is 25.4 Å². The average Bonchev–Trinajstić information content (AvgIpc) is 2.46. The number of carbonyl (C=O) groups excluding carboxylic acids is 2. The van der Waals surface area contributed by atoms with Crippen LogP contribution in [-0.4, -0.2) is 54.2 Å². The van der Waals surface area contributed by atoms with Crippen LogP contribution in [0.5, 0.6) is 5.75 Å². The van der Waals surface area contributed by atoms with E-state index in [1.807, 2.05) is 0 Å². The summed E-state index contributed by atoms with van der Waals surface area (Å²) in [5.41, 5.74) is 0.536. The molecule has 8 heteroatoms. The number of ether oxygens (including phenoxy) is 1. The van der Waals surface area contributed by atoms with Gasteiger partial charge in [-0.25, -0.2) is 9.59 Å². The van der Waals surface area contributed by atoms with E-state index in [0.717, 1.165) is 0 Å². The van der Waals surface area contributed by atoms with Gasteiger partial charge >= 0.3 is 12.0 Å². The summed E-state index contributed by atoms with van der Waals surface area (Å²) >= 11 is 0. The summed E-state index contributed by atoms with van der Waals surface area (Å²) in [4.78, 5) is 34.9. The normalized spacial score (nSPS) is 14.3. The second kappa shape index (κ2) is 6.60. The lowest BCUT2D eigenvalue weighted by atomic mass is 10.3. The SMILES string of the molecule is O=C(O)COc1ccc(NC(=O)N2CCNC(=O)C2)cc1. The van der Waals surface area contributed by atoms with Crippen molar-refractivity contribution in [1.29, 1.82) is 0 Å². The Hall–Kier alpha value is -2.77. The predicted octanol–water partition coefficient (Wildman–Crippen LogP) is 0.114. The minimum atomic E-state index is -1.06. The zero-order chi connectivity index (χ0) is 15.2. The van der Waals surface area contributed by atoms with Crippen LogP contribution in [0.1, 0.15) is 0 Å². The van der Waals surface area contributed by atoms with E-state index < -0.39 is 12.6 Å². The summed E-state index contributed by atoms with van der Waals surface area (Å²) < 4.78 is 4.98. The van der Waals surface area contributed by atoms with Crippen molar-refractivity contribution >= 4 is 23.6 Å². The number of piperazine rings is 1. The van der Waals surface area contributed by atoms with E-state index in [0.29, 0.717) is 24.5 Å². The fraction of sp³-hybridized carbons (Fsp3) is 0.308. The number of carboxylic acid groups (broad SMARTS) is 1. The fourth-order valence-electron chi connectivity index (χ4n) is 1.79. The number of carbonyl (C=O) groups is 3. The minimum Gasteiger partial charge on any atom is -0.482 e. The van der Waals surface area contributed by atoms with E-state index in [9.17, 15) is 14.4 Å². The Labute approximate surface area is 120 Å². The van der Waals surface area contributed by atoms with Gasteiger partial charge in [0, 0.05) is 18.8 Å². The predicted molar refractivity (Wildman–Crippen MR) is 73.2 cm³/mol. The van der Waals surface area contributed by atoms with Crippen LogP contribution in [0.2, 0.25) is 0 Å². The molecule has 0 aromatic heterocycles. The maximum absolute atomic E-state index is 11.9. The largest absolute Gasteiger partial charge is 0.482 e. The number of hydrogen-bond donors (Lipinski definition) is 3. The van der Waals surface area contributed by atoms with Crippen LogP contribution in [0, 0.1) is 0 Å². The Balaban J connectivity index is 1.89. The highest BCUT2D eigenvalue weighted by Crippen LogP contribution is 2.16. The highest BCUT2D eigenvalue weighted by Gasteiger charge is 2.20. The van der Waals surface area contributed by atoms with Gasteiger partial charge in [0.25, 0.3) is 0 Å². The number of aliphatic carboxylic acids is 1. The third kappa shape index (κ3) is 4.37. The molecule has 0 bridgehead atoms. The van der Waals surface area contributed by atoms with Crippen molar-refractivity contribution in [2.45, 2.75) is 0 Å². The summed E-state index contributed by atoms with van der Waals surface area (Å²) in [5.74, 6) is -0.850. The number of benzene rings is 1. The van der Waals surface area contributed by atoms with Gasteiger partial charge in [-0.3, -0.25) is 4.79 Å². The molecule has 8 nitrogen and oxygen atoms in total. The summed E-state index contributed by atoms with van der Waals surface area (Å²) in [5, 5.41) is 13.8. The van der Waals surface area contributed by atoms with E-state index in [2.05, 4.69) is 10.6 Å². The van der Waals surface area contributed by atoms with Gasteiger partial charge in [-0.15, -0.1) is 0 Å². The van der Waals surface area contributed by atoms with Crippen LogP contribution >= 0.6 is 0 Å². The first-order chi connectivity index (χ1) is 10.0. The van der Waals surface area contributed by atoms with Crippen molar-refractivity contribution in [3.8, 4) is 5.75 Å². The molecular formula is C13H15N3O5. The topological polar surface area (TPSA) is 108 Å². The number of carboxylic acids is 1. The molecule has 3 amide bonds. The lowest BCUT2D eigenvalue weighted by Gasteiger charge is -2.26. The molecule has 0 saturated carbocycles. The van der Waals surface area contributed by atoms with Gasteiger partial charge in [-0.2, -0.15) is 0 Å². The summed E-state index contributed by atoms with van der Waals surface area (Å²) in [6.07, 6.45) is 0. The number of rotatable bonds is 4. The van der Waals surface area contributed by atoms with Crippen LogP contribution in [0.4, 0.5) is 10.5 Å². The van der Waals surface area contributed by atoms with Crippen LogP contribution in [0.3, 0.4) is 0 Å². The number of urea groups is 1. The van der Waals surface area contributed by atoms with E-state index in [1.54, 1.807) is 24.3 Å². The Kier molecular flexibility index (Phi) is 4.60. The Morgan fingerprint density at radius 3 is 2.67 bits per heavy atom. The van der Waals surface area contributed by atoms with Crippen LogP contribution in [0.25, 0.3) is 0 Å². The van der Waals surface area contributed by atoms with Gasteiger partial charge in [0.05, 0.1) is 0 Å². The summed E-state index contributed by atoms with van der Waals surface area (Å²) in [6, 6.07) is 5.95. The lowest BCUT2D eigenvalue weighted by molar-refractivity contribution is -0.139. The quantitative estimate of drug-likeness (QED) is 0.730. The van der Waals surface area contributed by atoms with E-state index in [4.69, 9.17) is 9.84 Å². The molecule has 1 heterocycles. The monoisotopic (exact) mass is 293 g/mol. The molecule has 0 spiro atoms. The maximum Gasteiger partial charge on any atom is 0.341 e. The van der Waals surface area contributed by atoms with Crippen LogP contribution in [0.15, 0.2) is 24.3 Å². The van der Waals surface area contributed by atoms with Gasteiger partial charge in [-0.1, -0.05) is 0 Å². The molecule has 1 aromatic carbocycles. The number of nitrogens with one attached hydrogen (secondary N) is 2. The van der Waals surface area contributed by atoms with Crippen molar-refractivity contribution in [3.05, 3.63) is 24.3 Å². The highest BCUT2D eigenvalue weighted by atomic mass is 16.5. The number of nitrogens with zero attached hydrogens (tertiary/aromatic N) is 1. The first-order valence-corrected chi connectivity index (χ1v) is 6.32. The number of hydrogen-bond acceptors (Lipinski definition) is 4.